The van der Waals surface area contributed by atoms with Crippen LogP contribution in [0.4, 0.5) is 18.3 Å². The van der Waals surface area contributed by atoms with Crippen molar-refractivity contribution in [2.45, 2.75) is 13.1 Å². The molecule has 1 N–H and O–H groups in total. The number of alkyl halides is 3. The number of aromatic nitrogens is 2. The van der Waals surface area contributed by atoms with Crippen molar-refractivity contribution in [3.05, 3.63) is 5.01 Å². The number of carbonyl (C=O) groups excluding carboxylic acids is 1. The first kappa shape index (κ1) is 14.7. The Labute approximate surface area is 106 Å². The van der Waals surface area contributed by atoms with Gasteiger partial charge in [0.1, 0.15) is 0 Å². The smallest absolute Gasteiger partial charge is 0.359 e. The van der Waals surface area contributed by atoms with Gasteiger partial charge in [-0.25, -0.2) is 0 Å². The van der Waals surface area contributed by atoms with E-state index in [1.54, 1.807) is 14.0 Å². The summed E-state index contributed by atoms with van der Waals surface area (Å²) in [6.07, 6.45) is -4.48. The lowest BCUT2D eigenvalue weighted by Gasteiger charge is -2.19. The van der Waals surface area contributed by atoms with E-state index in [2.05, 4.69) is 15.5 Å². The van der Waals surface area contributed by atoms with Gasteiger partial charge in [-0.05, 0) is 0 Å². The fourth-order valence-electron chi connectivity index (χ4n) is 1.30. The largest absolute Gasteiger partial charge is 0.445 e. The lowest BCUT2D eigenvalue weighted by Crippen LogP contribution is -2.34. The van der Waals surface area contributed by atoms with Crippen LogP contribution in [-0.4, -0.2) is 36.7 Å². The summed E-state index contributed by atoms with van der Waals surface area (Å²) in [5.74, 6) is -0.527. The normalized spacial score (nSPS) is 13.2. The number of carbonyl (C=O) groups is 1. The molecule has 0 aliphatic rings. The van der Waals surface area contributed by atoms with Crippen LogP contribution in [0.3, 0.4) is 0 Å². The first-order valence-electron chi connectivity index (χ1n) is 5.09. The number of nitrogens with zero attached hydrogens (tertiary/aromatic N) is 3. The van der Waals surface area contributed by atoms with E-state index in [9.17, 15) is 18.0 Å². The van der Waals surface area contributed by atoms with Crippen LogP contribution in [0.15, 0.2) is 0 Å². The quantitative estimate of drug-likeness (QED) is 0.906. The minimum Gasteiger partial charge on any atom is -0.359 e. The number of rotatable bonds is 4. The molecule has 0 radical (unpaired) electrons. The van der Waals surface area contributed by atoms with Crippen molar-refractivity contribution in [3.63, 3.8) is 0 Å². The molecule has 1 heterocycles. The zero-order valence-electron chi connectivity index (χ0n) is 10.1. The van der Waals surface area contributed by atoms with E-state index < -0.39 is 11.2 Å². The fraction of sp³-hybridized carbons (Fsp3) is 0.667. The van der Waals surface area contributed by atoms with Gasteiger partial charge in [0.15, 0.2) is 0 Å². The molecule has 0 aliphatic heterocycles. The van der Waals surface area contributed by atoms with Crippen molar-refractivity contribution in [1.29, 1.82) is 0 Å². The third-order valence-corrected chi connectivity index (χ3v) is 3.31. The van der Waals surface area contributed by atoms with E-state index in [4.69, 9.17) is 0 Å². The van der Waals surface area contributed by atoms with Gasteiger partial charge in [0.2, 0.25) is 16.0 Å². The predicted octanol–water partition coefficient (Wildman–Crippen LogP) is 1.38. The number of amides is 1. The molecule has 18 heavy (non-hydrogen) atoms. The first-order chi connectivity index (χ1) is 8.25. The molecule has 102 valence electrons. The summed E-state index contributed by atoms with van der Waals surface area (Å²) in [4.78, 5) is 12.8. The van der Waals surface area contributed by atoms with Crippen LogP contribution in [0.1, 0.15) is 11.9 Å². The van der Waals surface area contributed by atoms with Crippen LogP contribution in [0.25, 0.3) is 0 Å². The highest BCUT2D eigenvalue weighted by atomic mass is 32.1. The standard InChI is InChI=1S/C9H13F3N4OS/c1-5(6(17)13-2)4-16(3)8-15-14-7(18-8)9(10,11)12/h5H,4H2,1-3H3,(H,13,17). The Bertz CT molecular complexity index is 420. The van der Waals surface area contributed by atoms with Gasteiger partial charge >= 0.3 is 6.18 Å². The van der Waals surface area contributed by atoms with E-state index in [-0.39, 0.29) is 23.5 Å². The Kier molecular flexibility index (Phi) is 4.49. The Morgan fingerprint density at radius 1 is 1.50 bits per heavy atom. The number of anilines is 1. The van der Waals surface area contributed by atoms with E-state index in [1.807, 2.05) is 0 Å². The average Bonchev–Trinajstić information content (AvgIpc) is 2.76. The molecule has 0 fully saturated rings. The second-order valence-corrected chi connectivity index (χ2v) is 4.74. The number of hydrogen-bond acceptors (Lipinski definition) is 5. The predicted molar refractivity (Wildman–Crippen MR) is 61.4 cm³/mol. The van der Waals surface area contributed by atoms with Crippen LogP contribution < -0.4 is 10.2 Å². The SMILES string of the molecule is CNC(=O)C(C)CN(C)c1nnc(C(F)(F)F)s1. The van der Waals surface area contributed by atoms with Crippen LogP contribution in [-0.2, 0) is 11.0 Å². The van der Waals surface area contributed by atoms with Crippen molar-refractivity contribution in [1.82, 2.24) is 15.5 Å². The van der Waals surface area contributed by atoms with Crippen LogP contribution in [0, 0.1) is 5.92 Å². The lowest BCUT2D eigenvalue weighted by atomic mass is 10.1. The summed E-state index contributed by atoms with van der Waals surface area (Å²) in [6.45, 7) is 1.95. The van der Waals surface area contributed by atoms with Gasteiger partial charge in [0.05, 0.1) is 5.92 Å². The Balaban J connectivity index is 2.70. The molecule has 0 saturated heterocycles. The second kappa shape index (κ2) is 5.51. The highest BCUT2D eigenvalue weighted by molar-refractivity contribution is 7.15. The summed E-state index contributed by atoms with van der Waals surface area (Å²) in [5, 5.41) is 8.17. The van der Waals surface area contributed by atoms with Crippen molar-refractivity contribution in [2.75, 3.05) is 25.5 Å². The molecule has 9 heteroatoms. The molecule has 0 aliphatic carbocycles. The molecule has 1 aromatic heterocycles. The zero-order valence-corrected chi connectivity index (χ0v) is 10.9. The van der Waals surface area contributed by atoms with Crippen molar-refractivity contribution in [3.8, 4) is 0 Å². The maximum atomic E-state index is 12.3. The first-order valence-corrected chi connectivity index (χ1v) is 5.90. The molecule has 1 aromatic rings. The molecule has 1 rings (SSSR count). The molecule has 0 bridgehead atoms. The molecular formula is C9H13F3N4OS. The molecule has 0 aromatic carbocycles. The van der Waals surface area contributed by atoms with Gasteiger partial charge < -0.3 is 10.2 Å². The number of halogens is 3. The van der Waals surface area contributed by atoms with Crippen molar-refractivity contribution in [2.24, 2.45) is 5.92 Å². The Hall–Kier alpha value is -1.38. The van der Waals surface area contributed by atoms with Gasteiger partial charge in [-0.1, -0.05) is 18.3 Å². The van der Waals surface area contributed by atoms with Gasteiger partial charge in [-0.15, -0.1) is 10.2 Å². The molecule has 0 saturated carbocycles. The number of hydrogen-bond donors (Lipinski definition) is 1. The summed E-state index contributed by atoms with van der Waals surface area (Å²) in [7, 11) is 3.08. The molecule has 0 spiro atoms. The third kappa shape index (κ3) is 3.56. The zero-order chi connectivity index (χ0) is 13.9. The average molecular weight is 282 g/mol. The maximum absolute atomic E-state index is 12.3. The van der Waals surface area contributed by atoms with Crippen LogP contribution in [0.5, 0.6) is 0 Å². The van der Waals surface area contributed by atoms with Gasteiger partial charge in [0.25, 0.3) is 0 Å². The summed E-state index contributed by atoms with van der Waals surface area (Å²) >= 11 is 0.456. The summed E-state index contributed by atoms with van der Waals surface area (Å²) in [6, 6.07) is 0. The number of nitrogens with one attached hydrogen (secondary N) is 1. The van der Waals surface area contributed by atoms with E-state index in [1.165, 1.54) is 11.9 Å². The highest BCUT2D eigenvalue weighted by Gasteiger charge is 2.36. The second-order valence-electron chi connectivity index (χ2n) is 3.78. The molecule has 1 unspecified atom stereocenters. The molecule has 5 nitrogen and oxygen atoms in total. The van der Waals surface area contributed by atoms with Gasteiger partial charge in [0, 0.05) is 20.6 Å². The van der Waals surface area contributed by atoms with Gasteiger partial charge in [-0.2, -0.15) is 13.2 Å². The van der Waals surface area contributed by atoms with Crippen molar-refractivity contribution < 1.29 is 18.0 Å². The third-order valence-electron chi connectivity index (χ3n) is 2.23. The Morgan fingerprint density at radius 3 is 2.56 bits per heavy atom. The van der Waals surface area contributed by atoms with Crippen LogP contribution in [0.2, 0.25) is 0 Å². The fourth-order valence-corrected chi connectivity index (χ4v) is 1.98. The maximum Gasteiger partial charge on any atom is 0.445 e. The molecule has 1 amide bonds. The Morgan fingerprint density at radius 2 is 2.11 bits per heavy atom. The van der Waals surface area contributed by atoms with Crippen LogP contribution >= 0.6 is 11.3 Å². The minimum atomic E-state index is -4.48. The van der Waals surface area contributed by atoms with E-state index in [0.29, 0.717) is 11.3 Å². The van der Waals surface area contributed by atoms with E-state index >= 15 is 0 Å². The van der Waals surface area contributed by atoms with Crippen molar-refractivity contribution >= 4 is 22.4 Å². The minimum absolute atomic E-state index is 0.137. The molecule has 1 atom stereocenters. The van der Waals surface area contributed by atoms with Gasteiger partial charge in [-0.3, -0.25) is 4.79 Å². The summed E-state index contributed by atoms with van der Waals surface area (Å²) < 4.78 is 37.0. The van der Waals surface area contributed by atoms with E-state index in [0.717, 1.165) is 0 Å². The topological polar surface area (TPSA) is 58.1 Å². The molecular weight excluding hydrogens is 269 g/mol. The summed E-state index contributed by atoms with van der Waals surface area (Å²) in [5.41, 5.74) is 0. The highest BCUT2D eigenvalue weighted by Crippen LogP contribution is 2.34. The lowest BCUT2D eigenvalue weighted by molar-refractivity contribution is -0.138. The monoisotopic (exact) mass is 282 g/mol.